The van der Waals surface area contributed by atoms with Crippen LogP contribution in [-0.4, -0.2) is 15.6 Å². The second kappa shape index (κ2) is 5.74. The quantitative estimate of drug-likeness (QED) is 0.771. The molecule has 2 heterocycles. The smallest absolute Gasteiger partial charge is 0.174 e. The summed E-state index contributed by atoms with van der Waals surface area (Å²) < 4.78 is -0.543. The van der Waals surface area contributed by atoms with E-state index < -0.39 is 4.75 Å². The van der Waals surface area contributed by atoms with Gasteiger partial charge in [0.2, 0.25) is 0 Å². The van der Waals surface area contributed by atoms with Crippen LogP contribution in [0.15, 0.2) is 46.2 Å². The molecule has 1 aliphatic heterocycles. The molecule has 0 radical (unpaired) electrons. The van der Waals surface area contributed by atoms with E-state index in [1.54, 1.807) is 23.9 Å². The third-order valence-corrected chi connectivity index (χ3v) is 6.77. The highest BCUT2D eigenvalue weighted by atomic mass is 32.2. The van der Waals surface area contributed by atoms with Crippen LogP contribution < -0.4 is 0 Å². The number of hydrogen-bond donors (Lipinski definition) is 1. The Balaban J connectivity index is 2.18. The Morgan fingerprint density at radius 3 is 2.77 bits per heavy atom. The van der Waals surface area contributed by atoms with Crippen molar-refractivity contribution in [2.75, 3.05) is 0 Å². The zero-order chi connectivity index (χ0) is 15.9. The number of allylic oxidation sites excluding steroid dienone is 5. The molecule has 3 atom stereocenters. The van der Waals surface area contributed by atoms with Gasteiger partial charge >= 0.3 is 0 Å². The van der Waals surface area contributed by atoms with E-state index in [0.29, 0.717) is 5.75 Å². The molecule has 22 heavy (non-hydrogen) atoms. The molecule has 0 bridgehead atoms. The Hall–Kier alpha value is -1.26. The molecular weight excluding hydrogens is 312 g/mol. The molecule has 2 nitrogen and oxygen atoms in total. The van der Waals surface area contributed by atoms with E-state index >= 15 is 0 Å². The largest absolute Gasteiger partial charge is 0.507 e. The molecule has 0 saturated carbocycles. The minimum absolute atomic E-state index is 0.0747. The standard InChI is InChI=1S/C18H20O2S2/c1-11(2)8-13-9-12(3)10-14(17-15(19)4-6-21-17)18(13)16(20)5-7-22-18/h4-8,10,13-14,19H,9H2,1-3H3/t13-,14-,18-/m1/s1. The lowest BCUT2D eigenvalue weighted by atomic mass is 9.69. The van der Waals surface area contributed by atoms with Crippen molar-refractivity contribution in [1.82, 2.24) is 0 Å². The maximum absolute atomic E-state index is 12.8. The minimum atomic E-state index is -0.543. The monoisotopic (exact) mass is 332 g/mol. The fourth-order valence-corrected chi connectivity index (χ4v) is 5.77. The minimum Gasteiger partial charge on any atom is -0.507 e. The van der Waals surface area contributed by atoms with Crippen molar-refractivity contribution >= 4 is 28.9 Å². The Kier molecular flexibility index (Phi) is 4.08. The number of rotatable bonds is 2. The third kappa shape index (κ3) is 2.38. The van der Waals surface area contributed by atoms with Crippen LogP contribution in [0.1, 0.15) is 38.0 Å². The maximum atomic E-state index is 12.8. The van der Waals surface area contributed by atoms with Crippen molar-refractivity contribution in [2.45, 2.75) is 37.9 Å². The number of ketones is 1. The van der Waals surface area contributed by atoms with Crippen molar-refractivity contribution in [2.24, 2.45) is 5.92 Å². The van der Waals surface area contributed by atoms with Gasteiger partial charge in [-0.2, -0.15) is 0 Å². The van der Waals surface area contributed by atoms with Gasteiger partial charge < -0.3 is 5.11 Å². The summed E-state index contributed by atoms with van der Waals surface area (Å²) in [6, 6.07) is 1.72. The first-order chi connectivity index (χ1) is 10.4. The first-order valence-corrected chi connectivity index (χ1v) is 9.18. The van der Waals surface area contributed by atoms with E-state index in [0.717, 1.165) is 11.3 Å². The highest BCUT2D eigenvalue weighted by Crippen LogP contribution is 2.57. The Morgan fingerprint density at radius 2 is 2.23 bits per heavy atom. The summed E-state index contributed by atoms with van der Waals surface area (Å²) in [5.74, 6) is 0.550. The molecule has 2 aliphatic rings. The highest BCUT2D eigenvalue weighted by Gasteiger charge is 2.54. The van der Waals surface area contributed by atoms with Gasteiger partial charge in [-0.15, -0.1) is 23.1 Å². The first kappa shape index (κ1) is 15.6. The lowest BCUT2D eigenvalue weighted by Gasteiger charge is -2.43. The van der Waals surface area contributed by atoms with Crippen LogP contribution >= 0.6 is 23.1 Å². The van der Waals surface area contributed by atoms with Crippen molar-refractivity contribution in [3.63, 3.8) is 0 Å². The van der Waals surface area contributed by atoms with Gasteiger partial charge in [-0.3, -0.25) is 4.79 Å². The molecule has 3 rings (SSSR count). The second-order valence-electron chi connectivity index (χ2n) is 6.29. The molecule has 0 amide bonds. The zero-order valence-corrected chi connectivity index (χ0v) is 14.6. The van der Waals surface area contributed by atoms with Crippen LogP contribution in [0.4, 0.5) is 0 Å². The molecule has 0 unspecified atom stereocenters. The van der Waals surface area contributed by atoms with Gasteiger partial charge in [0.25, 0.3) is 0 Å². The molecule has 0 aromatic carbocycles. The molecule has 4 heteroatoms. The molecule has 1 N–H and O–H groups in total. The lowest BCUT2D eigenvalue weighted by molar-refractivity contribution is -0.117. The van der Waals surface area contributed by atoms with Gasteiger partial charge in [-0.1, -0.05) is 23.3 Å². The predicted octanol–water partition coefficient (Wildman–Crippen LogP) is 5.04. The van der Waals surface area contributed by atoms with Crippen molar-refractivity contribution < 1.29 is 9.90 Å². The van der Waals surface area contributed by atoms with Gasteiger partial charge in [0.1, 0.15) is 10.5 Å². The van der Waals surface area contributed by atoms with E-state index in [4.69, 9.17) is 0 Å². The maximum Gasteiger partial charge on any atom is 0.174 e. The predicted molar refractivity (Wildman–Crippen MR) is 94.5 cm³/mol. The number of thioether (sulfide) groups is 1. The van der Waals surface area contributed by atoms with Crippen LogP contribution in [0, 0.1) is 5.92 Å². The van der Waals surface area contributed by atoms with Crippen LogP contribution in [0.5, 0.6) is 5.75 Å². The summed E-state index contributed by atoms with van der Waals surface area (Å²) in [4.78, 5) is 13.7. The second-order valence-corrected chi connectivity index (χ2v) is 8.42. The van der Waals surface area contributed by atoms with Crippen molar-refractivity contribution in [3.8, 4) is 5.75 Å². The Morgan fingerprint density at radius 1 is 1.45 bits per heavy atom. The number of thiophene rings is 1. The summed E-state index contributed by atoms with van der Waals surface area (Å²) in [5.41, 5.74) is 2.51. The Labute approximate surface area is 139 Å². The van der Waals surface area contributed by atoms with Crippen LogP contribution in [-0.2, 0) is 4.79 Å². The van der Waals surface area contributed by atoms with Gasteiger partial charge in [0.15, 0.2) is 5.78 Å². The first-order valence-electron chi connectivity index (χ1n) is 7.42. The zero-order valence-electron chi connectivity index (χ0n) is 13.0. The molecular formula is C18H20O2S2. The topological polar surface area (TPSA) is 37.3 Å². The van der Waals surface area contributed by atoms with Gasteiger partial charge in [-0.05, 0) is 50.1 Å². The van der Waals surface area contributed by atoms with Crippen molar-refractivity contribution in [1.29, 1.82) is 0 Å². The van der Waals surface area contributed by atoms with Gasteiger partial charge in [-0.25, -0.2) is 0 Å². The molecule has 1 aliphatic carbocycles. The molecule has 1 aromatic rings. The fraction of sp³-hybridized carbons (Fsp3) is 0.389. The third-order valence-electron chi connectivity index (χ3n) is 4.36. The number of hydrogen-bond acceptors (Lipinski definition) is 4. The number of carbonyl (C=O) groups is 1. The molecule has 116 valence electrons. The van der Waals surface area contributed by atoms with E-state index in [1.807, 2.05) is 10.8 Å². The molecule has 0 fully saturated rings. The molecule has 1 aromatic heterocycles. The summed E-state index contributed by atoms with van der Waals surface area (Å²) in [7, 11) is 0. The highest BCUT2D eigenvalue weighted by molar-refractivity contribution is 8.04. The van der Waals surface area contributed by atoms with E-state index in [1.165, 1.54) is 22.5 Å². The number of carbonyl (C=O) groups excluding carboxylic acids is 1. The average Bonchev–Trinajstić information content (AvgIpc) is 3.01. The summed E-state index contributed by atoms with van der Waals surface area (Å²) in [5, 5.41) is 14.0. The van der Waals surface area contributed by atoms with Crippen LogP contribution in [0.3, 0.4) is 0 Å². The summed E-state index contributed by atoms with van der Waals surface area (Å²) in [6.45, 7) is 6.28. The normalized spacial score (nSPS) is 30.7. The lowest BCUT2D eigenvalue weighted by Crippen LogP contribution is -2.46. The van der Waals surface area contributed by atoms with Gasteiger partial charge in [0.05, 0.1) is 4.88 Å². The summed E-state index contributed by atoms with van der Waals surface area (Å²) >= 11 is 3.15. The van der Waals surface area contributed by atoms with Crippen LogP contribution in [0.25, 0.3) is 0 Å². The van der Waals surface area contributed by atoms with E-state index in [2.05, 4.69) is 32.9 Å². The number of aromatic hydroxyl groups is 1. The Bertz CT molecular complexity index is 692. The van der Waals surface area contributed by atoms with E-state index in [-0.39, 0.29) is 17.6 Å². The average molecular weight is 332 g/mol. The fourth-order valence-electron chi connectivity index (χ4n) is 3.50. The van der Waals surface area contributed by atoms with Crippen LogP contribution in [0.2, 0.25) is 0 Å². The molecule has 0 saturated heterocycles. The van der Waals surface area contributed by atoms with Crippen molar-refractivity contribution in [3.05, 3.63) is 51.1 Å². The summed E-state index contributed by atoms with van der Waals surface area (Å²) in [6.07, 6.45) is 7.00. The molecule has 1 spiro atoms. The SMILES string of the molecule is CC(C)=C[C@@H]1CC(C)=C[C@H](c2sccc2O)[C@]12SC=CC2=O. The van der Waals surface area contributed by atoms with Gasteiger partial charge in [0, 0.05) is 11.8 Å². The van der Waals surface area contributed by atoms with E-state index in [9.17, 15) is 9.90 Å².